The van der Waals surface area contributed by atoms with Crippen LogP contribution in [0.2, 0.25) is 0 Å². The van der Waals surface area contributed by atoms with E-state index < -0.39 is 0 Å². The fourth-order valence-corrected chi connectivity index (χ4v) is 5.41. The summed E-state index contributed by atoms with van der Waals surface area (Å²) in [5.41, 5.74) is 11.3. The first-order valence-corrected chi connectivity index (χ1v) is 13.4. The topological polar surface area (TPSA) is 12.9 Å². The lowest BCUT2D eigenvalue weighted by Crippen LogP contribution is -1.89. The number of hydrogen-bond acceptors (Lipinski definition) is 1. The van der Waals surface area contributed by atoms with Gasteiger partial charge in [0, 0.05) is 10.9 Å². The molecule has 0 aliphatic heterocycles. The largest absolute Gasteiger partial charge is 0.248 e. The third-order valence-corrected chi connectivity index (χ3v) is 7.76. The predicted molar refractivity (Wildman–Crippen MR) is 157 cm³/mol. The number of aromatic nitrogens is 1. The summed E-state index contributed by atoms with van der Waals surface area (Å²) in [5.74, 6) is 0.775. The standard InChI is InChI=1S/C36H29N/c1-2-24-19-33(26-7-8-26)23-34(20-24)32-16-15-30-21-29(13-14-31(30)22-32)25-9-11-28(12-10-25)36-18-17-27-5-3-4-6-35(27)37-36/h3-6,9-23,26H,2,7-8H2,1H3. The van der Waals surface area contributed by atoms with Crippen LogP contribution < -0.4 is 0 Å². The number of para-hydroxylation sites is 1. The molecule has 0 amide bonds. The van der Waals surface area contributed by atoms with Gasteiger partial charge < -0.3 is 0 Å². The number of aryl methyl sites for hydroxylation is 1. The molecular formula is C36H29N. The van der Waals surface area contributed by atoms with E-state index in [4.69, 9.17) is 4.98 Å². The van der Waals surface area contributed by atoms with Crippen molar-refractivity contribution in [1.29, 1.82) is 0 Å². The first-order valence-electron chi connectivity index (χ1n) is 13.4. The van der Waals surface area contributed by atoms with Gasteiger partial charge >= 0.3 is 0 Å². The van der Waals surface area contributed by atoms with Gasteiger partial charge in [-0.1, -0.05) is 97.9 Å². The van der Waals surface area contributed by atoms with Crippen molar-refractivity contribution in [1.82, 2.24) is 4.98 Å². The van der Waals surface area contributed by atoms with Gasteiger partial charge in [-0.2, -0.15) is 0 Å². The summed E-state index contributed by atoms with van der Waals surface area (Å²) in [6.07, 6.45) is 3.76. The second kappa shape index (κ2) is 9.01. The molecular weight excluding hydrogens is 446 g/mol. The van der Waals surface area contributed by atoms with Crippen molar-refractivity contribution in [2.75, 3.05) is 0 Å². The third-order valence-electron chi connectivity index (χ3n) is 7.76. The summed E-state index contributed by atoms with van der Waals surface area (Å²) >= 11 is 0. The molecule has 7 rings (SSSR count). The number of nitrogens with zero attached hydrogens (tertiary/aromatic N) is 1. The number of benzene rings is 5. The van der Waals surface area contributed by atoms with E-state index in [9.17, 15) is 0 Å². The molecule has 0 N–H and O–H groups in total. The maximum Gasteiger partial charge on any atom is 0.0709 e. The Balaban J connectivity index is 1.18. The Labute approximate surface area is 218 Å². The van der Waals surface area contributed by atoms with Crippen molar-refractivity contribution in [3.63, 3.8) is 0 Å². The number of fused-ring (bicyclic) bond motifs is 2. The Morgan fingerprint density at radius 1 is 0.568 bits per heavy atom. The monoisotopic (exact) mass is 475 g/mol. The quantitative estimate of drug-likeness (QED) is 0.242. The lowest BCUT2D eigenvalue weighted by Gasteiger charge is -2.11. The van der Waals surface area contributed by atoms with E-state index in [1.165, 1.54) is 62.4 Å². The minimum atomic E-state index is 0.775. The van der Waals surface area contributed by atoms with Gasteiger partial charge in [0.25, 0.3) is 0 Å². The van der Waals surface area contributed by atoms with Crippen molar-refractivity contribution in [2.24, 2.45) is 0 Å². The summed E-state index contributed by atoms with van der Waals surface area (Å²) in [6.45, 7) is 2.25. The lowest BCUT2D eigenvalue weighted by atomic mass is 9.94. The van der Waals surface area contributed by atoms with Gasteiger partial charge in [0.1, 0.15) is 0 Å². The third kappa shape index (κ3) is 4.32. The van der Waals surface area contributed by atoms with Gasteiger partial charge in [-0.05, 0) is 93.6 Å². The van der Waals surface area contributed by atoms with E-state index in [-0.39, 0.29) is 0 Å². The summed E-state index contributed by atoms with van der Waals surface area (Å²) < 4.78 is 0. The van der Waals surface area contributed by atoms with Gasteiger partial charge in [0.15, 0.2) is 0 Å². The van der Waals surface area contributed by atoms with Crippen LogP contribution in [0.3, 0.4) is 0 Å². The molecule has 5 aromatic carbocycles. The SMILES string of the molecule is CCc1cc(-c2ccc3cc(-c4ccc(-c5ccc6ccccc6n5)cc4)ccc3c2)cc(C2CC2)c1. The van der Waals surface area contributed by atoms with Crippen molar-refractivity contribution >= 4 is 21.7 Å². The molecule has 1 aromatic heterocycles. The molecule has 37 heavy (non-hydrogen) atoms. The zero-order chi connectivity index (χ0) is 24.8. The zero-order valence-electron chi connectivity index (χ0n) is 21.1. The fourth-order valence-electron chi connectivity index (χ4n) is 5.41. The van der Waals surface area contributed by atoms with Crippen LogP contribution in [0.4, 0.5) is 0 Å². The van der Waals surface area contributed by atoms with E-state index in [1.807, 2.05) is 6.07 Å². The fraction of sp³-hybridized carbons (Fsp3) is 0.139. The normalized spacial score (nSPS) is 13.3. The molecule has 1 aliphatic carbocycles. The number of rotatable bonds is 5. The minimum absolute atomic E-state index is 0.775. The number of pyridine rings is 1. The number of hydrogen-bond donors (Lipinski definition) is 0. The first kappa shape index (κ1) is 22.0. The maximum absolute atomic E-state index is 4.85. The molecule has 1 nitrogen and oxygen atoms in total. The van der Waals surface area contributed by atoms with Crippen LogP contribution in [0.25, 0.3) is 55.2 Å². The van der Waals surface area contributed by atoms with Crippen LogP contribution in [0, 0.1) is 0 Å². The zero-order valence-corrected chi connectivity index (χ0v) is 21.1. The highest BCUT2D eigenvalue weighted by Gasteiger charge is 2.24. The second-order valence-corrected chi connectivity index (χ2v) is 10.3. The average Bonchev–Trinajstić information content (AvgIpc) is 3.82. The highest BCUT2D eigenvalue weighted by molar-refractivity contribution is 5.91. The van der Waals surface area contributed by atoms with Crippen LogP contribution in [0.1, 0.15) is 36.8 Å². The summed E-state index contributed by atoms with van der Waals surface area (Å²) in [5, 5.41) is 3.73. The summed E-state index contributed by atoms with van der Waals surface area (Å²) in [6, 6.07) is 42.2. The second-order valence-electron chi connectivity index (χ2n) is 10.3. The van der Waals surface area contributed by atoms with Gasteiger partial charge in [-0.15, -0.1) is 0 Å². The molecule has 0 saturated heterocycles. The lowest BCUT2D eigenvalue weighted by molar-refractivity contribution is 1.08. The van der Waals surface area contributed by atoms with Crippen molar-refractivity contribution in [3.8, 4) is 33.5 Å². The van der Waals surface area contributed by atoms with Crippen molar-refractivity contribution in [2.45, 2.75) is 32.1 Å². The molecule has 1 heterocycles. The Morgan fingerprint density at radius 2 is 1.22 bits per heavy atom. The highest BCUT2D eigenvalue weighted by atomic mass is 14.7. The molecule has 0 bridgehead atoms. The summed E-state index contributed by atoms with van der Waals surface area (Å²) in [7, 11) is 0. The highest BCUT2D eigenvalue weighted by Crippen LogP contribution is 2.42. The Hall–Kier alpha value is -4.23. The Bertz CT molecular complexity index is 1760. The molecule has 1 heteroatoms. The van der Waals surface area contributed by atoms with Gasteiger partial charge in [0.05, 0.1) is 11.2 Å². The van der Waals surface area contributed by atoms with E-state index in [0.717, 1.165) is 29.1 Å². The average molecular weight is 476 g/mol. The maximum atomic E-state index is 4.85. The smallest absolute Gasteiger partial charge is 0.0709 e. The van der Waals surface area contributed by atoms with E-state index >= 15 is 0 Å². The molecule has 178 valence electrons. The predicted octanol–water partition coefficient (Wildman–Crippen LogP) is 9.83. The Morgan fingerprint density at radius 3 is 1.95 bits per heavy atom. The first-order chi connectivity index (χ1) is 18.2. The van der Waals surface area contributed by atoms with Crippen molar-refractivity contribution in [3.05, 3.63) is 126 Å². The summed E-state index contributed by atoms with van der Waals surface area (Å²) in [4.78, 5) is 4.85. The molecule has 1 saturated carbocycles. The van der Waals surface area contributed by atoms with Crippen LogP contribution in [0.15, 0.2) is 115 Å². The van der Waals surface area contributed by atoms with Gasteiger partial charge in [-0.25, -0.2) is 4.98 Å². The Kier molecular flexibility index (Phi) is 5.36. The molecule has 0 atom stereocenters. The molecule has 1 aliphatic rings. The van der Waals surface area contributed by atoms with Gasteiger partial charge in [0.2, 0.25) is 0 Å². The van der Waals surface area contributed by atoms with Crippen LogP contribution in [-0.2, 0) is 6.42 Å². The van der Waals surface area contributed by atoms with Crippen LogP contribution in [-0.4, -0.2) is 4.98 Å². The van der Waals surface area contributed by atoms with E-state index in [2.05, 4.69) is 116 Å². The van der Waals surface area contributed by atoms with Crippen molar-refractivity contribution < 1.29 is 0 Å². The molecule has 0 unspecified atom stereocenters. The van der Waals surface area contributed by atoms with E-state index in [0.29, 0.717) is 0 Å². The van der Waals surface area contributed by atoms with Crippen LogP contribution >= 0.6 is 0 Å². The molecule has 6 aromatic rings. The van der Waals surface area contributed by atoms with E-state index in [1.54, 1.807) is 0 Å². The minimum Gasteiger partial charge on any atom is -0.248 e. The van der Waals surface area contributed by atoms with Gasteiger partial charge in [-0.3, -0.25) is 0 Å². The molecule has 0 radical (unpaired) electrons. The van der Waals surface area contributed by atoms with Crippen LogP contribution in [0.5, 0.6) is 0 Å². The molecule has 0 spiro atoms. The molecule has 1 fully saturated rings.